The standard InChI is InChI=1S/C17H23ClN4O3/c1-10-11(18)8-19-14-13(10)20(5)15(23)12-9-21(6-7-22(12)14)16(24)25-17(2,3)4/h8,12H,6-7,9H2,1-5H3. The van der Waals surface area contributed by atoms with Crippen molar-refractivity contribution in [3.63, 3.8) is 0 Å². The smallest absolute Gasteiger partial charge is 0.410 e. The Morgan fingerprint density at radius 1 is 1.36 bits per heavy atom. The van der Waals surface area contributed by atoms with E-state index in [0.717, 1.165) is 17.1 Å². The zero-order chi connectivity index (χ0) is 18.5. The van der Waals surface area contributed by atoms with E-state index in [1.54, 1.807) is 23.0 Å². The molecule has 2 aliphatic rings. The molecule has 0 radical (unpaired) electrons. The van der Waals surface area contributed by atoms with Crippen molar-refractivity contribution in [1.82, 2.24) is 9.88 Å². The lowest BCUT2D eigenvalue weighted by Gasteiger charge is -2.46. The number of carbonyl (C=O) groups excluding carboxylic acids is 2. The van der Waals surface area contributed by atoms with Crippen LogP contribution in [0.4, 0.5) is 16.3 Å². The molecule has 0 bridgehead atoms. The van der Waals surface area contributed by atoms with E-state index >= 15 is 0 Å². The largest absolute Gasteiger partial charge is 0.444 e. The van der Waals surface area contributed by atoms with E-state index in [4.69, 9.17) is 16.3 Å². The van der Waals surface area contributed by atoms with Gasteiger partial charge in [0.2, 0.25) is 0 Å². The van der Waals surface area contributed by atoms with Crippen molar-refractivity contribution in [3.8, 4) is 0 Å². The van der Waals surface area contributed by atoms with Crippen LogP contribution in [0.5, 0.6) is 0 Å². The number of hydrogen-bond acceptors (Lipinski definition) is 5. The summed E-state index contributed by atoms with van der Waals surface area (Å²) in [5.74, 6) is 0.658. The number of pyridine rings is 1. The maximum atomic E-state index is 12.9. The molecule has 0 spiro atoms. The van der Waals surface area contributed by atoms with Gasteiger partial charge < -0.3 is 19.4 Å². The van der Waals surface area contributed by atoms with Crippen molar-refractivity contribution >= 4 is 35.1 Å². The van der Waals surface area contributed by atoms with E-state index in [1.807, 2.05) is 32.6 Å². The van der Waals surface area contributed by atoms with Gasteiger partial charge in [-0.05, 0) is 33.3 Å². The summed E-state index contributed by atoms with van der Waals surface area (Å²) in [6, 6.07) is -0.466. The van der Waals surface area contributed by atoms with E-state index in [1.165, 1.54) is 0 Å². The van der Waals surface area contributed by atoms with Crippen LogP contribution in [0.1, 0.15) is 26.3 Å². The van der Waals surface area contributed by atoms with E-state index in [-0.39, 0.29) is 12.5 Å². The first-order chi connectivity index (χ1) is 11.6. The lowest BCUT2D eigenvalue weighted by atomic mass is 10.0. The monoisotopic (exact) mass is 366 g/mol. The number of amides is 2. The molecule has 8 heteroatoms. The van der Waals surface area contributed by atoms with Gasteiger partial charge in [0.15, 0.2) is 5.82 Å². The van der Waals surface area contributed by atoms with Crippen LogP contribution in [0.15, 0.2) is 6.20 Å². The zero-order valence-corrected chi connectivity index (χ0v) is 15.9. The Balaban J connectivity index is 1.89. The SMILES string of the molecule is Cc1c(Cl)cnc2c1N(C)C(=O)C1CN(C(=O)OC(C)(C)C)CCN21. The van der Waals surface area contributed by atoms with Crippen LogP contribution in [0.3, 0.4) is 0 Å². The van der Waals surface area contributed by atoms with Crippen molar-refractivity contribution in [3.05, 3.63) is 16.8 Å². The summed E-state index contributed by atoms with van der Waals surface area (Å²) in [7, 11) is 1.72. The molecule has 1 saturated heterocycles. The Morgan fingerprint density at radius 2 is 2.04 bits per heavy atom. The number of likely N-dealkylation sites (N-methyl/N-ethyl adjacent to an activating group) is 1. The summed E-state index contributed by atoms with van der Waals surface area (Å²) < 4.78 is 5.43. The predicted octanol–water partition coefficient (Wildman–Crippen LogP) is 2.45. The summed E-state index contributed by atoms with van der Waals surface area (Å²) in [5, 5.41) is 0.532. The molecule has 0 aliphatic carbocycles. The molecule has 2 amide bonds. The number of piperazine rings is 1. The van der Waals surface area contributed by atoms with E-state index in [0.29, 0.717) is 18.1 Å². The first-order valence-electron chi connectivity index (χ1n) is 8.27. The average molecular weight is 367 g/mol. The average Bonchev–Trinajstić information content (AvgIpc) is 2.53. The van der Waals surface area contributed by atoms with Crippen LogP contribution in [0.25, 0.3) is 0 Å². The fraction of sp³-hybridized carbons (Fsp3) is 0.588. The van der Waals surface area contributed by atoms with Crippen LogP contribution >= 0.6 is 11.6 Å². The van der Waals surface area contributed by atoms with Crippen molar-refractivity contribution in [2.24, 2.45) is 0 Å². The molecule has 1 unspecified atom stereocenters. The van der Waals surface area contributed by atoms with Crippen molar-refractivity contribution in [2.45, 2.75) is 39.3 Å². The maximum absolute atomic E-state index is 12.9. The third-order valence-electron chi connectivity index (χ3n) is 4.48. The van der Waals surface area contributed by atoms with Crippen LogP contribution in [-0.2, 0) is 9.53 Å². The van der Waals surface area contributed by atoms with Crippen LogP contribution in [-0.4, -0.2) is 60.2 Å². The molecule has 7 nitrogen and oxygen atoms in total. The second-order valence-electron chi connectivity index (χ2n) is 7.44. The summed E-state index contributed by atoms with van der Waals surface area (Å²) in [6.45, 7) is 8.63. The minimum atomic E-state index is -0.566. The van der Waals surface area contributed by atoms with Gasteiger partial charge in [0.1, 0.15) is 11.6 Å². The Hall–Kier alpha value is -2.02. The number of aromatic nitrogens is 1. The first-order valence-corrected chi connectivity index (χ1v) is 8.65. The highest BCUT2D eigenvalue weighted by molar-refractivity contribution is 6.32. The van der Waals surface area contributed by atoms with Crippen molar-refractivity contribution < 1.29 is 14.3 Å². The lowest BCUT2D eigenvalue weighted by molar-refractivity contribution is -0.120. The fourth-order valence-electron chi connectivity index (χ4n) is 3.24. The summed E-state index contributed by atoms with van der Waals surface area (Å²) in [4.78, 5) is 34.8. The third kappa shape index (κ3) is 3.13. The van der Waals surface area contributed by atoms with Gasteiger partial charge in [0.05, 0.1) is 17.3 Å². The van der Waals surface area contributed by atoms with Gasteiger partial charge >= 0.3 is 6.09 Å². The normalized spacial score (nSPS) is 20.3. The Labute approximate surface area is 152 Å². The van der Waals surface area contributed by atoms with Gasteiger partial charge in [-0.15, -0.1) is 0 Å². The van der Waals surface area contributed by atoms with Crippen LogP contribution < -0.4 is 9.80 Å². The second-order valence-corrected chi connectivity index (χ2v) is 7.84. The van der Waals surface area contributed by atoms with Gasteiger partial charge in [-0.3, -0.25) is 4.79 Å². The molecule has 1 aromatic heterocycles. The van der Waals surface area contributed by atoms with E-state index in [9.17, 15) is 9.59 Å². The molecule has 25 heavy (non-hydrogen) atoms. The van der Waals surface area contributed by atoms with E-state index in [2.05, 4.69) is 4.98 Å². The number of fused-ring (bicyclic) bond motifs is 3. The molecular formula is C17H23ClN4O3. The third-order valence-corrected chi connectivity index (χ3v) is 4.86. The number of rotatable bonds is 0. The molecule has 0 N–H and O–H groups in total. The van der Waals surface area contributed by atoms with Gasteiger partial charge in [-0.25, -0.2) is 9.78 Å². The Kier molecular flexibility index (Phi) is 4.31. The highest BCUT2D eigenvalue weighted by Crippen LogP contribution is 2.39. The van der Waals surface area contributed by atoms with Gasteiger partial charge in [-0.1, -0.05) is 11.6 Å². The molecule has 2 aliphatic heterocycles. The highest BCUT2D eigenvalue weighted by Gasteiger charge is 2.43. The predicted molar refractivity (Wildman–Crippen MR) is 96.3 cm³/mol. The second kappa shape index (κ2) is 6.05. The Bertz CT molecular complexity index is 731. The first kappa shape index (κ1) is 17.8. The number of anilines is 2. The van der Waals surface area contributed by atoms with E-state index < -0.39 is 17.7 Å². The quantitative estimate of drug-likeness (QED) is 0.705. The number of ether oxygens (including phenoxy) is 1. The minimum absolute atomic E-state index is 0.0760. The summed E-state index contributed by atoms with van der Waals surface area (Å²) in [6.07, 6.45) is 1.21. The summed E-state index contributed by atoms with van der Waals surface area (Å²) >= 11 is 6.17. The fourth-order valence-corrected chi connectivity index (χ4v) is 3.38. The van der Waals surface area contributed by atoms with Gasteiger partial charge in [0.25, 0.3) is 5.91 Å². The Morgan fingerprint density at radius 3 is 2.68 bits per heavy atom. The summed E-state index contributed by atoms with van der Waals surface area (Å²) in [5.41, 5.74) is 0.999. The number of nitrogens with zero attached hydrogens (tertiary/aromatic N) is 4. The molecule has 1 fully saturated rings. The van der Waals surface area contributed by atoms with Gasteiger partial charge in [-0.2, -0.15) is 0 Å². The minimum Gasteiger partial charge on any atom is -0.444 e. The number of carbonyl (C=O) groups is 2. The molecular weight excluding hydrogens is 344 g/mol. The molecule has 0 saturated carbocycles. The topological polar surface area (TPSA) is 66.0 Å². The number of hydrogen-bond donors (Lipinski definition) is 0. The molecule has 0 aromatic carbocycles. The van der Waals surface area contributed by atoms with Crippen molar-refractivity contribution in [2.75, 3.05) is 36.5 Å². The molecule has 136 valence electrons. The molecule has 1 aromatic rings. The van der Waals surface area contributed by atoms with Crippen LogP contribution in [0.2, 0.25) is 5.02 Å². The van der Waals surface area contributed by atoms with Crippen LogP contribution in [0, 0.1) is 6.92 Å². The molecule has 3 rings (SSSR count). The number of halogens is 1. The van der Waals surface area contributed by atoms with Crippen molar-refractivity contribution in [1.29, 1.82) is 0 Å². The maximum Gasteiger partial charge on any atom is 0.410 e. The molecule has 1 atom stereocenters. The molecule has 3 heterocycles. The zero-order valence-electron chi connectivity index (χ0n) is 15.2. The lowest BCUT2D eigenvalue weighted by Crippen LogP contribution is -2.63. The highest BCUT2D eigenvalue weighted by atomic mass is 35.5. The van der Waals surface area contributed by atoms with Gasteiger partial charge in [0, 0.05) is 26.3 Å².